The molecule has 4 rings (SSSR count). The molecule has 0 spiro atoms. The summed E-state index contributed by atoms with van der Waals surface area (Å²) < 4.78 is 54.0. The van der Waals surface area contributed by atoms with Crippen molar-refractivity contribution < 1.29 is 27.1 Å². The fourth-order valence-corrected chi connectivity index (χ4v) is 4.25. The van der Waals surface area contributed by atoms with E-state index in [4.69, 9.17) is 5.73 Å². The number of rotatable bonds is 6. The second kappa shape index (κ2) is 13.6. The monoisotopic (exact) mass is 509 g/mol. The molecule has 10 heteroatoms. The topological polar surface area (TPSA) is 98.1 Å². The van der Waals surface area contributed by atoms with Gasteiger partial charge in [0.25, 0.3) is 5.91 Å². The maximum atomic E-state index is 12.5. The van der Waals surface area contributed by atoms with Gasteiger partial charge in [0.15, 0.2) is 17.0 Å². The van der Waals surface area contributed by atoms with Crippen LogP contribution in [-0.4, -0.2) is 29.4 Å². The van der Waals surface area contributed by atoms with Gasteiger partial charge < -0.3 is 15.5 Å². The number of alkyl halides is 2. The summed E-state index contributed by atoms with van der Waals surface area (Å²) in [4.78, 5) is 30.9. The van der Waals surface area contributed by atoms with Crippen LogP contribution in [-0.2, 0) is 0 Å². The van der Waals surface area contributed by atoms with Gasteiger partial charge in [0, 0.05) is 24.4 Å². The Morgan fingerprint density at radius 1 is 1.22 bits per heavy atom. The third-order valence-electron chi connectivity index (χ3n) is 5.91. The van der Waals surface area contributed by atoms with E-state index in [1.165, 1.54) is 31.5 Å². The normalized spacial score (nSPS) is 16.7. The van der Waals surface area contributed by atoms with Gasteiger partial charge in [-0.2, -0.15) is 4.39 Å². The third kappa shape index (κ3) is 7.29. The lowest BCUT2D eigenvalue weighted by atomic mass is 9.97. The summed E-state index contributed by atoms with van der Waals surface area (Å²) in [6.07, 6.45) is 2.17. The third-order valence-corrected chi connectivity index (χ3v) is 5.91. The summed E-state index contributed by atoms with van der Waals surface area (Å²) in [5, 5.41) is 0.195. The molecule has 1 aromatic carbocycles. The summed E-state index contributed by atoms with van der Waals surface area (Å²) in [5.74, 6) is -2.23. The lowest BCUT2D eigenvalue weighted by molar-refractivity contribution is 0.0997. The fourth-order valence-electron chi connectivity index (χ4n) is 4.25. The van der Waals surface area contributed by atoms with Crippen LogP contribution < -0.4 is 15.9 Å². The number of primary amides is 1. The number of fused-ring (bicyclic) bond motifs is 1. The number of nitrogens with two attached hydrogens (primary N) is 1. The molecule has 0 radical (unpaired) electrons. The molecule has 1 amide bonds. The Bertz CT molecular complexity index is 1220. The van der Waals surface area contributed by atoms with Crippen molar-refractivity contribution in [2.75, 3.05) is 7.11 Å². The van der Waals surface area contributed by atoms with E-state index in [1.54, 1.807) is 6.07 Å². The smallest absolute Gasteiger partial charge is 0.268 e. The van der Waals surface area contributed by atoms with Crippen LogP contribution >= 0.6 is 0 Å². The lowest BCUT2D eigenvalue weighted by Crippen LogP contribution is -2.18. The van der Waals surface area contributed by atoms with Gasteiger partial charge >= 0.3 is 0 Å². The van der Waals surface area contributed by atoms with Crippen LogP contribution in [0.2, 0.25) is 0 Å². The summed E-state index contributed by atoms with van der Waals surface area (Å²) in [7, 11) is 1.29. The summed E-state index contributed by atoms with van der Waals surface area (Å²) >= 11 is 0. The minimum absolute atomic E-state index is 0.0402. The van der Waals surface area contributed by atoms with Crippen LogP contribution in [0, 0.1) is 17.6 Å². The molecular formula is C26H31F4N3O3. The van der Waals surface area contributed by atoms with Gasteiger partial charge in [-0.3, -0.25) is 14.6 Å². The Kier molecular flexibility index (Phi) is 10.9. The maximum absolute atomic E-state index is 12.5. The highest BCUT2D eigenvalue weighted by molar-refractivity contribution is 6.03. The Balaban J connectivity index is 0.000000318. The van der Waals surface area contributed by atoms with Crippen LogP contribution in [0.5, 0.6) is 5.75 Å². The zero-order valence-electron chi connectivity index (χ0n) is 20.5. The van der Waals surface area contributed by atoms with Crippen molar-refractivity contribution in [3.8, 4) is 5.75 Å². The summed E-state index contributed by atoms with van der Waals surface area (Å²) in [5.41, 5.74) is 6.25. The predicted octanol–water partition coefficient (Wildman–Crippen LogP) is 5.95. The molecule has 196 valence electrons. The number of nitrogens with one attached hydrogen (secondary N) is 1. The second-order valence-electron chi connectivity index (χ2n) is 8.14. The molecule has 0 bridgehead atoms. The first-order valence-corrected chi connectivity index (χ1v) is 11.8. The molecule has 0 aliphatic heterocycles. The van der Waals surface area contributed by atoms with Gasteiger partial charge in [-0.15, -0.1) is 0 Å². The van der Waals surface area contributed by atoms with Crippen molar-refractivity contribution in [1.29, 1.82) is 0 Å². The Morgan fingerprint density at radius 3 is 2.56 bits per heavy atom. The Labute approximate surface area is 206 Å². The van der Waals surface area contributed by atoms with Crippen molar-refractivity contribution in [3.63, 3.8) is 0 Å². The summed E-state index contributed by atoms with van der Waals surface area (Å²) in [6, 6.07) is 6.90. The standard InChI is InChI=1S/C17H19F2N3O2.C7H6F2O.C2H6/c18-14(19)4-2-9-1-3-10(7-9)12-8-13(23)15-11(22-12)5-6-21-16(15)17(20)24;1-10-6-4-2-3-5(8)7(6)9;1-2/h5-6,8-10,14H,1-4,7H2,(H2,20,24)(H,22,23);2-4H,1H3;1-2H3. The Morgan fingerprint density at radius 2 is 1.94 bits per heavy atom. The van der Waals surface area contributed by atoms with Crippen molar-refractivity contribution in [2.45, 2.75) is 58.3 Å². The molecule has 1 saturated carbocycles. The molecule has 36 heavy (non-hydrogen) atoms. The molecular weight excluding hydrogens is 478 g/mol. The molecule has 1 aliphatic carbocycles. The first-order valence-electron chi connectivity index (χ1n) is 11.8. The highest BCUT2D eigenvalue weighted by atomic mass is 19.3. The molecule has 6 nitrogen and oxygen atoms in total. The largest absolute Gasteiger partial charge is 0.494 e. The molecule has 2 heterocycles. The van der Waals surface area contributed by atoms with Crippen molar-refractivity contribution >= 4 is 16.8 Å². The van der Waals surface area contributed by atoms with Crippen molar-refractivity contribution in [2.24, 2.45) is 11.7 Å². The van der Waals surface area contributed by atoms with E-state index < -0.39 is 24.0 Å². The van der Waals surface area contributed by atoms with Gasteiger partial charge in [-0.25, -0.2) is 13.2 Å². The van der Waals surface area contributed by atoms with Gasteiger partial charge in [0.05, 0.1) is 18.0 Å². The molecule has 3 aromatic rings. The van der Waals surface area contributed by atoms with E-state index in [0.717, 1.165) is 31.0 Å². The lowest BCUT2D eigenvalue weighted by Gasteiger charge is -2.13. The number of carbonyl (C=O) groups is 1. The van der Waals surface area contributed by atoms with Crippen LogP contribution in [0.15, 0.2) is 41.3 Å². The number of aromatic amines is 1. The number of H-pyrrole nitrogens is 1. The highest BCUT2D eigenvalue weighted by Gasteiger charge is 2.27. The van der Waals surface area contributed by atoms with E-state index in [9.17, 15) is 27.2 Å². The van der Waals surface area contributed by atoms with E-state index >= 15 is 0 Å². The number of aromatic nitrogens is 2. The SMILES string of the molecule is CC.COc1cccc(F)c1F.NC(=O)c1nccc2[nH]c(C3CCC(CCC(F)F)C3)cc(=O)c12. The molecule has 1 aliphatic rings. The van der Waals surface area contributed by atoms with Crippen molar-refractivity contribution in [1.82, 2.24) is 9.97 Å². The van der Waals surface area contributed by atoms with Crippen LogP contribution in [0.25, 0.3) is 10.9 Å². The van der Waals surface area contributed by atoms with Gasteiger partial charge in [0.1, 0.15) is 5.69 Å². The van der Waals surface area contributed by atoms with Gasteiger partial charge in [0.2, 0.25) is 12.2 Å². The number of methoxy groups -OCH3 is 1. The highest BCUT2D eigenvalue weighted by Crippen LogP contribution is 2.40. The molecule has 0 saturated heterocycles. The molecule has 1 fully saturated rings. The first kappa shape index (κ1) is 28.8. The van der Waals surface area contributed by atoms with Crippen LogP contribution in [0.3, 0.4) is 0 Å². The van der Waals surface area contributed by atoms with Crippen molar-refractivity contribution in [3.05, 3.63) is 69.8 Å². The average Bonchev–Trinajstić information content (AvgIpc) is 3.35. The predicted molar refractivity (Wildman–Crippen MR) is 130 cm³/mol. The fraction of sp³-hybridized carbons (Fsp3) is 0.423. The van der Waals surface area contributed by atoms with Crippen LogP contribution in [0.4, 0.5) is 17.6 Å². The van der Waals surface area contributed by atoms with E-state index in [-0.39, 0.29) is 40.5 Å². The maximum Gasteiger partial charge on any atom is 0.268 e. The number of nitrogens with zero attached hydrogens (tertiary/aromatic N) is 1. The van der Waals surface area contributed by atoms with Crippen LogP contribution in [0.1, 0.15) is 68.1 Å². The summed E-state index contributed by atoms with van der Waals surface area (Å²) in [6.45, 7) is 4.00. The second-order valence-corrected chi connectivity index (χ2v) is 8.14. The first-order chi connectivity index (χ1) is 17.2. The Hall–Kier alpha value is -3.43. The minimum Gasteiger partial charge on any atom is -0.494 e. The minimum atomic E-state index is -2.26. The number of halogens is 4. The number of carbonyl (C=O) groups excluding carboxylic acids is 1. The zero-order valence-corrected chi connectivity index (χ0v) is 20.5. The van der Waals surface area contributed by atoms with E-state index in [0.29, 0.717) is 11.9 Å². The van der Waals surface area contributed by atoms with Gasteiger partial charge in [-0.05, 0) is 55.7 Å². The quantitative estimate of drug-likeness (QED) is 0.401. The number of ether oxygens (including phenoxy) is 1. The number of hydrogen-bond donors (Lipinski definition) is 2. The number of pyridine rings is 2. The molecule has 2 aromatic heterocycles. The number of hydrogen-bond acceptors (Lipinski definition) is 4. The number of amides is 1. The van der Waals surface area contributed by atoms with E-state index in [1.807, 2.05) is 13.8 Å². The van der Waals surface area contributed by atoms with E-state index in [2.05, 4.69) is 14.7 Å². The average molecular weight is 510 g/mol. The zero-order chi connectivity index (χ0) is 26.8. The van der Waals surface area contributed by atoms with Gasteiger partial charge in [-0.1, -0.05) is 19.9 Å². The molecule has 2 atom stereocenters. The molecule has 3 N–H and O–H groups in total. The molecule has 2 unspecified atom stereocenters. The number of benzene rings is 1.